The number of piperidine rings is 1. The third kappa shape index (κ3) is 4.55. The third-order valence-corrected chi connectivity index (χ3v) is 3.93. The number of carbonyl (C=O) groups excluding carboxylic acids is 1. The molecule has 0 spiro atoms. The summed E-state index contributed by atoms with van der Waals surface area (Å²) in [4.78, 5) is 13.7. The summed E-state index contributed by atoms with van der Waals surface area (Å²) >= 11 is 1.59. The lowest BCUT2D eigenvalue weighted by Crippen LogP contribution is -2.41. The largest absolute Gasteiger partial charge is 0.373 e. The Hall–Kier alpha value is -1.00. The molecule has 0 saturated carbocycles. The maximum atomic E-state index is 11.7. The van der Waals surface area contributed by atoms with Gasteiger partial charge in [0.05, 0.1) is 18.5 Å². The molecule has 19 heavy (non-hydrogen) atoms. The predicted molar refractivity (Wildman–Crippen MR) is 79.2 cm³/mol. The van der Waals surface area contributed by atoms with Crippen molar-refractivity contribution < 1.29 is 9.53 Å². The van der Waals surface area contributed by atoms with Crippen LogP contribution in [0.15, 0.2) is 30.3 Å². The summed E-state index contributed by atoms with van der Waals surface area (Å²) in [5.74, 6) is 0.851. The normalized spacial score (nSPS) is 16.6. The minimum absolute atomic E-state index is 0.258. The van der Waals surface area contributed by atoms with E-state index in [0.717, 1.165) is 25.9 Å². The van der Waals surface area contributed by atoms with Crippen LogP contribution in [0.2, 0.25) is 0 Å². The molecule has 0 atom stereocenters. The number of ether oxygens (including phenoxy) is 1. The molecule has 1 amide bonds. The number of hydrogen-bond acceptors (Lipinski definition) is 3. The molecule has 0 bridgehead atoms. The molecule has 1 saturated heterocycles. The van der Waals surface area contributed by atoms with Crippen LogP contribution in [0.25, 0.3) is 0 Å². The van der Waals surface area contributed by atoms with Crippen LogP contribution < -0.4 is 0 Å². The Kier molecular flexibility index (Phi) is 5.73. The van der Waals surface area contributed by atoms with E-state index in [1.165, 1.54) is 5.56 Å². The number of nitrogens with zero attached hydrogens (tertiary/aromatic N) is 1. The van der Waals surface area contributed by atoms with Crippen molar-refractivity contribution in [3.63, 3.8) is 0 Å². The lowest BCUT2D eigenvalue weighted by molar-refractivity contribution is -0.131. The molecule has 3 nitrogen and oxygen atoms in total. The van der Waals surface area contributed by atoms with Gasteiger partial charge in [-0.25, -0.2) is 0 Å². The predicted octanol–water partition coefficient (Wildman–Crippen LogP) is 2.56. The van der Waals surface area contributed by atoms with E-state index in [1.807, 2.05) is 29.4 Å². The second-order valence-electron chi connectivity index (χ2n) is 4.81. The van der Waals surface area contributed by atoms with Gasteiger partial charge in [-0.1, -0.05) is 30.3 Å². The van der Waals surface area contributed by atoms with Gasteiger partial charge in [-0.05, 0) is 24.7 Å². The molecule has 2 rings (SSSR count). The number of rotatable bonds is 5. The third-order valence-electron chi connectivity index (χ3n) is 3.39. The minimum atomic E-state index is 0.258. The molecule has 1 aliphatic heterocycles. The second-order valence-corrected chi connectivity index (χ2v) is 5.68. The molecule has 0 aromatic heterocycles. The van der Waals surface area contributed by atoms with Crippen LogP contribution in [0.1, 0.15) is 18.4 Å². The van der Waals surface area contributed by atoms with Gasteiger partial charge in [-0.3, -0.25) is 4.79 Å². The van der Waals surface area contributed by atoms with Gasteiger partial charge in [0.25, 0.3) is 0 Å². The summed E-state index contributed by atoms with van der Waals surface area (Å²) in [7, 11) is 0. The van der Waals surface area contributed by atoms with Crippen LogP contribution in [0.4, 0.5) is 0 Å². The molecule has 0 N–H and O–H groups in total. The Morgan fingerprint density at radius 3 is 2.63 bits per heavy atom. The average Bonchev–Trinajstić information content (AvgIpc) is 2.47. The van der Waals surface area contributed by atoms with E-state index in [0.29, 0.717) is 18.5 Å². The maximum Gasteiger partial charge on any atom is 0.232 e. The fourth-order valence-corrected chi connectivity index (χ4v) is 2.70. The standard InChI is InChI=1S/C15H21NO2S/c1-19-12-15(17)16-9-7-14(8-10-16)18-11-13-5-3-2-4-6-13/h2-6,14H,7-12H2,1H3. The van der Waals surface area contributed by atoms with Crippen molar-refractivity contribution in [3.05, 3.63) is 35.9 Å². The SMILES string of the molecule is CSCC(=O)N1CCC(OCc2ccccc2)CC1. The second kappa shape index (κ2) is 7.56. The highest BCUT2D eigenvalue weighted by molar-refractivity contribution is 7.99. The van der Waals surface area contributed by atoms with E-state index in [1.54, 1.807) is 11.8 Å². The van der Waals surface area contributed by atoms with Crippen LogP contribution in [-0.2, 0) is 16.1 Å². The summed E-state index contributed by atoms with van der Waals surface area (Å²) in [5, 5.41) is 0. The quantitative estimate of drug-likeness (QED) is 0.829. The Morgan fingerprint density at radius 1 is 1.32 bits per heavy atom. The minimum Gasteiger partial charge on any atom is -0.373 e. The highest BCUT2D eigenvalue weighted by Crippen LogP contribution is 2.16. The number of hydrogen-bond donors (Lipinski definition) is 0. The van der Waals surface area contributed by atoms with Crippen LogP contribution in [0.5, 0.6) is 0 Å². The van der Waals surface area contributed by atoms with Gasteiger partial charge in [-0.15, -0.1) is 0 Å². The highest BCUT2D eigenvalue weighted by Gasteiger charge is 2.22. The monoisotopic (exact) mass is 279 g/mol. The molecule has 104 valence electrons. The van der Waals surface area contributed by atoms with Crippen molar-refractivity contribution in [1.29, 1.82) is 0 Å². The molecular weight excluding hydrogens is 258 g/mol. The van der Waals surface area contributed by atoms with Crippen LogP contribution >= 0.6 is 11.8 Å². The Labute approximate surface area is 119 Å². The molecule has 0 unspecified atom stereocenters. The molecule has 1 fully saturated rings. The van der Waals surface area contributed by atoms with E-state index >= 15 is 0 Å². The Bertz CT molecular complexity index is 388. The number of likely N-dealkylation sites (tertiary alicyclic amines) is 1. The average molecular weight is 279 g/mol. The van der Waals surface area contributed by atoms with Crippen molar-refractivity contribution in [3.8, 4) is 0 Å². The van der Waals surface area contributed by atoms with Crippen molar-refractivity contribution in [1.82, 2.24) is 4.90 Å². The van der Waals surface area contributed by atoms with E-state index < -0.39 is 0 Å². The zero-order valence-electron chi connectivity index (χ0n) is 11.4. The topological polar surface area (TPSA) is 29.5 Å². The van der Waals surface area contributed by atoms with E-state index in [4.69, 9.17) is 4.74 Å². The van der Waals surface area contributed by atoms with Crippen LogP contribution in [0, 0.1) is 0 Å². The zero-order valence-corrected chi connectivity index (χ0v) is 12.2. The van der Waals surface area contributed by atoms with E-state index in [2.05, 4.69) is 12.1 Å². The summed E-state index contributed by atoms with van der Waals surface area (Å²) in [6.45, 7) is 2.34. The molecule has 1 heterocycles. The molecule has 1 aromatic rings. The van der Waals surface area contributed by atoms with Gasteiger partial charge >= 0.3 is 0 Å². The van der Waals surface area contributed by atoms with Crippen molar-refractivity contribution in [2.24, 2.45) is 0 Å². The van der Waals surface area contributed by atoms with Crippen LogP contribution in [-0.4, -0.2) is 42.0 Å². The summed E-state index contributed by atoms with van der Waals surface area (Å²) in [5.41, 5.74) is 1.21. The van der Waals surface area contributed by atoms with Gasteiger partial charge in [0.1, 0.15) is 0 Å². The van der Waals surface area contributed by atoms with Crippen LogP contribution in [0.3, 0.4) is 0 Å². The maximum absolute atomic E-state index is 11.7. The van der Waals surface area contributed by atoms with Crippen molar-refractivity contribution >= 4 is 17.7 Å². The smallest absolute Gasteiger partial charge is 0.232 e. The Balaban J connectivity index is 1.70. The molecule has 4 heteroatoms. The highest BCUT2D eigenvalue weighted by atomic mass is 32.2. The first-order valence-electron chi connectivity index (χ1n) is 6.72. The fourth-order valence-electron chi connectivity index (χ4n) is 2.27. The van der Waals surface area contributed by atoms with Crippen molar-refractivity contribution in [2.75, 3.05) is 25.1 Å². The van der Waals surface area contributed by atoms with Gasteiger partial charge < -0.3 is 9.64 Å². The van der Waals surface area contributed by atoms with Gasteiger partial charge in [0.15, 0.2) is 0 Å². The molecule has 0 aliphatic carbocycles. The zero-order chi connectivity index (χ0) is 13.5. The number of amides is 1. The van der Waals surface area contributed by atoms with Crippen molar-refractivity contribution in [2.45, 2.75) is 25.6 Å². The lowest BCUT2D eigenvalue weighted by atomic mass is 10.1. The Morgan fingerprint density at radius 2 is 2.00 bits per heavy atom. The molecular formula is C15H21NO2S. The number of thioether (sulfide) groups is 1. The molecule has 1 aliphatic rings. The van der Waals surface area contributed by atoms with E-state index in [-0.39, 0.29) is 5.91 Å². The fraction of sp³-hybridized carbons (Fsp3) is 0.533. The summed E-state index contributed by atoms with van der Waals surface area (Å²) in [6.07, 6.45) is 4.16. The first-order chi connectivity index (χ1) is 9.29. The van der Waals surface area contributed by atoms with E-state index in [9.17, 15) is 4.79 Å². The van der Waals surface area contributed by atoms with Gasteiger partial charge in [-0.2, -0.15) is 11.8 Å². The van der Waals surface area contributed by atoms with Gasteiger partial charge in [0.2, 0.25) is 5.91 Å². The first-order valence-corrected chi connectivity index (χ1v) is 8.11. The molecule has 1 aromatic carbocycles. The van der Waals surface area contributed by atoms with Gasteiger partial charge in [0, 0.05) is 13.1 Å². The number of carbonyl (C=O) groups is 1. The molecule has 0 radical (unpaired) electrons. The summed E-state index contributed by atoms with van der Waals surface area (Å²) in [6, 6.07) is 10.2. The lowest BCUT2D eigenvalue weighted by Gasteiger charge is -2.31. The first kappa shape index (κ1) is 14.4. The summed E-state index contributed by atoms with van der Waals surface area (Å²) < 4.78 is 5.91. The number of benzene rings is 1.